The Balaban J connectivity index is 1.47. The molecule has 140 valence electrons. The molecule has 0 aliphatic heterocycles. The zero-order valence-corrected chi connectivity index (χ0v) is 16.8. The number of thiophene rings is 1. The van der Waals surface area contributed by atoms with Crippen LogP contribution in [-0.2, 0) is 24.2 Å². The lowest BCUT2D eigenvalue weighted by molar-refractivity contribution is -0.122. The second kappa shape index (κ2) is 7.78. The number of carbonyl (C=O) groups is 1. The third-order valence-corrected chi connectivity index (χ3v) is 6.23. The molecule has 7 heteroatoms. The number of hydrogen-bond acceptors (Lipinski definition) is 4. The lowest BCUT2D eigenvalue weighted by atomic mass is 9.89. The second-order valence-electron chi connectivity index (χ2n) is 6.94. The second-order valence-corrected chi connectivity index (χ2v) is 8.27. The van der Waals surface area contributed by atoms with Crippen molar-refractivity contribution in [3.05, 3.63) is 57.2 Å². The van der Waals surface area contributed by atoms with Gasteiger partial charge in [0.2, 0.25) is 5.91 Å². The zero-order valence-electron chi connectivity index (χ0n) is 15.2. The first-order valence-corrected chi connectivity index (χ1v) is 10.5. The molecule has 2 N–H and O–H groups in total. The molecule has 5 nitrogen and oxygen atoms in total. The molecule has 4 rings (SSSR count). The Kier molecular flexibility index (Phi) is 5.22. The molecule has 0 saturated carbocycles. The normalized spacial score (nSPS) is 14.6. The minimum Gasteiger partial charge on any atom is -0.348 e. The summed E-state index contributed by atoms with van der Waals surface area (Å²) in [6, 6.07) is 10.5. The minimum atomic E-state index is -0.0736. The van der Waals surface area contributed by atoms with Crippen LogP contribution < -0.4 is 5.32 Å². The van der Waals surface area contributed by atoms with Crippen molar-refractivity contribution in [1.29, 1.82) is 0 Å². The van der Waals surface area contributed by atoms with Gasteiger partial charge in [0, 0.05) is 0 Å². The molecule has 0 unspecified atom stereocenters. The van der Waals surface area contributed by atoms with Gasteiger partial charge in [-0.1, -0.05) is 24.3 Å². The van der Waals surface area contributed by atoms with Crippen molar-refractivity contribution in [2.45, 2.75) is 45.2 Å². The van der Waals surface area contributed by atoms with Gasteiger partial charge in [-0.2, -0.15) is 5.10 Å². The predicted octanol–water partition coefficient (Wildman–Crippen LogP) is 4.43. The number of nitrogens with zero attached hydrogens (tertiary/aromatic N) is 2. The van der Waals surface area contributed by atoms with Gasteiger partial charge < -0.3 is 5.32 Å². The number of fused-ring (bicyclic) bond motifs is 1. The van der Waals surface area contributed by atoms with E-state index in [4.69, 9.17) is 12.2 Å². The van der Waals surface area contributed by atoms with E-state index in [1.54, 1.807) is 15.9 Å². The van der Waals surface area contributed by atoms with E-state index in [1.807, 2.05) is 24.4 Å². The number of aromatic nitrogens is 3. The topological polar surface area (TPSA) is 62.7 Å². The number of H-pyrrole nitrogens is 1. The van der Waals surface area contributed by atoms with E-state index in [1.165, 1.54) is 30.4 Å². The Morgan fingerprint density at radius 1 is 1.33 bits per heavy atom. The van der Waals surface area contributed by atoms with Gasteiger partial charge in [0.1, 0.15) is 6.54 Å². The molecule has 3 aromatic rings. The van der Waals surface area contributed by atoms with Gasteiger partial charge in [0.05, 0.1) is 10.9 Å². The van der Waals surface area contributed by atoms with E-state index in [-0.39, 0.29) is 18.5 Å². The van der Waals surface area contributed by atoms with E-state index >= 15 is 0 Å². The van der Waals surface area contributed by atoms with E-state index < -0.39 is 0 Å². The van der Waals surface area contributed by atoms with Crippen molar-refractivity contribution in [3.8, 4) is 10.7 Å². The molecule has 1 amide bonds. The summed E-state index contributed by atoms with van der Waals surface area (Å²) in [5.74, 6) is 0.627. The number of aromatic amines is 1. The molecule has 0 spiro atoms. The molecular weight excluding hydrogens is 376 g/mol. The van der Waals surface area contributed by atoms with Crippen LogP contribution >= 0.6 is 23.6 Å². The van der Waals surface area contributed by atoms with Crippen molar-refractivity contribution >= 4 is 29.5 Å². The number of rotatable bonds is 5. The summed E-state index contributed by atoms with van der Waals surface area (Å²) in [4.78, 5) is 13.6. The van der Waals surface area contributed by atoms with Gasteiger partial charge >= 0.3 is 0 Å². The summed E-state index contributed by atoms with van der Waals surface area (Å²) < 4.78 is 2.20. The Labute approximate surface area is 167 Å². The maximum atomic E-state index is 12.6. The lowest BCUT2D eigenvalue weighted by Gasteiger charge is -2.20. The molecule has 1 aromatic carbocycles. The number of carbonyl (C=O) groups excluding carboxylic acids is 1. The smallest absolute Gasteiger partial charge is 0.240 e. The highest BCUT2D eigenvalue weighted by Crippen LogP contribution is 2.25. The van der Waals surface area contributed by atoms with Crippen molar-refractivity contribution < 1.29 is 4.79 Å². The quantitative estimate of drug-likeness (QED) is 0.625. The van der Waals surface area contributed by atoms with Crippen LogP contribution in [0.15, 0.2) is 35.7 Å². The molecule has 0 saturated heterocycles. The fraction of sp³-hybridized carbons (Fsp3) is 0.350. The maximum Gasteiger partial charge on any atom is 0.240 e. The van der Waals surface area contributed by atoms with Gasteiger partial charge in [0.25, 0.3) is 0 Å². The average Bonchev–Trinajstić information content (AvgIpc) is 3.32. The fourth-order valence-electron chi connectivity index (χ4n) is 3.60. The molecule has 1 aliphatic carbocycles. The molecule has 2 heterocycles. The summed E-state index contributed by atoms with van der Waals surface area (Å²) >= 11 is 6.88. The first-order chi connectivity index (χ1) is 13.1. The van der Waals surface area contributed by atoms with Gasteiger partial charge in [-0.05, 0) is 73.0 Å². The maximum absolute atomic E-state index is 12.6. The summed E-state index contributed by atoms with van der Waals surface area (Å²) in [5.41, 5.74) is 4.03. The van der Waals surface area contributed by atoms with Crippen LogP contribution in [0.5, 0.6) is 0 Å². The van der Waals surface area contributed by atoms with Crippen molar-refractivity contribution in [2.75, 3.05) is 0 Å². The summed E-state index contributed by atoms with van der Waals surface area (Å²) in [7, 11) is 0. The highest BCUT2D eigenvalue weighted by Gasteiger charge is 2.17. The Morgan fingerprint density at radius 3 is 2.93 bits per heavy atom. The fourth-order valence-corrected chi connectivity index (χ4v) is 4.51. The van der Waals surface area contributed by atoms with E-state index in [0.717, 1.165) is 16.9 Å². The Morgan fingerprint density at radius 2 is 2.15 bits per heavy atom. The van der Waals surface area contributed by atoms with Crippen LogP contribution in [0, 0.1) is 4.77 Å². The zero-order chi connectivity index (χ0) is 18.8. The van der Waals surface area contributed by atoms with Crippen molar-refractivity contribution in [3.63, 3.8) is 0 Å². The third kappa shape index (κ3) is 3.89. The molecule has 1 atom stereocenters. The van der Waals surface area contributed by atoms with Crippen molar-refractivity contribution in [1.82, 2.24) is 20.1 Å². The van der Waals surface area contributed by atoms with Gasteiger partial charge in [-0.25, -0.2) is 0 Å². The van der Waals surface area contributed by atoms with Crippen LogP contribution in [0.4, 0.5) is 0 Å². The lowest BCUT2D eigenvalue weighted by Crippen LogP contribution is -2.30. The molecule has 27 heavy (non-hydrogen) atoms. The standard InChI is InChI=1S/C20H22N4OS2/c1-13(15-9-8-14-5-2-3-6-16(14)11-15)21-18(25)12-24-19(22-23-20(24)26)17-7-4-10-27-17/h4,7-11,13H,2-3,5-6,12H2,1H3,(H,21,25)(H,23,26)/t13-/m0/s1. The number of nitrogens with one attached hydrogen (secondary N) is 2. The molecule has 1 aliphatic rings. The van der Waals surface area contributed by atoms with E-state index in [2.05, 4.69) is 33.7 Å². The van der Waals surface area contributed by atoms with Gasteiger partial charge in [0.15, 0.2) is 10.6 Å². The third-order valence-electron chi connectivity index (χ3n) is 5.05. The number of hydrogen-bond donors (Lipinski definition) is 2. The molecule has 2 aromatic heterocycles. The highest BCUT2D eigenvalue weighted by atomic mass is 32.1. The SMILES string of the molecule is C[C@H](NC(=O)Cn1c(-c2cccs2)n[nH]c1=S)c1ccc2c(c1)CCCC2. The minimum absolute atomic E-state index is 0.0454. The number of aryl methyl sites for hydroxylation is 2. The van der Waals surface area contributed by atoms with Gasteiger partial charge in [-0.15, -0.1) is 11.3 Å². The summed E-state index contributed by atoms with van der Waals surface area (Å²) in [6.45, 7) is 2.18. The molecule has 0 fully saturated rings. The highest BCUT2D eigenvalue weighted by molar-refractivity contribution is 7.71. The summed E-state index contributed by atoms with van der Waals surface area (Å²) in [5, 5.41) is 12.1. The molecule has 0 radical (unpaired) electrons. The summed E-state index contributed by atoms with van der Waals surface area (Å²) in [6.07, 6.45) is 4.83. The first kappa shape index (κ1) is 18.1. The van der Waals surface area contributed by atoms with Crippen molar-refractivity contribution in [2.24, 2.45) is 0 Å². The van der Waals surface area contributed by atoms with Gasteiger partial charge in [-0.3, -0.25) is 14.5 Å². The molecular formula is C20H22N4OS2. The Bertz CT molecular complexity index is 1000. The Hall–Kier alpha value is -2.25. The van der Waals surface area contributed by atoms with Crippen LogP contribution in [-0.4, -0.2) is 20.7 Å². The van der Waals surface area contributed by atoms with E-state index in [0.29, 0.717) is 10.6 Å². The first-order valence-electron chi connectivity index (χ1n) is 9.22. The predicted molar refractivity (Wildman–Crippen MR) is 110 cm³/mol. The van der Waals surface area contributed by atoms with Crippen LogP contribution in [0.1, 0.15) is 42.5 Å². The molecule has 0 bridgehead atoms. The monoisotopic (exact) mass is 398 g/mol. The van der Waals surface area contributed by atoms with Crippen LogP contribution in [0.25, 0.3) is 10.7 Å². The largest absolute Gasteiger partial charge is 0.348 e. The van der Waals surface area contributed by atoms with E-state index in [9.17, 15) is 4.79 Å². The average molecular weight is 399 g/mol. The van der Waals surface area contributed by atoms with Crippen LogP contribution in [0.2, 0.25) is 0 Å². The van der Waals surface area contributed by atoms with Crippen LogP contribution in [0.3, 0.4) is 0 Å². The number of amides is 1. The number of benzene rings is 1.